The summed E-state index contributed by atoms with van der Waals surface area (Å²) in [5.74, 6) is -0.864. The van der Waals surface area contributed by atoms with E-state index in [1.807, 2.05) is 43.5 Å². The summed E-state index contributed by atoms with van der Waals surface area (Å²) in [4.78, 5) is 33.6. The van der Waals surface area contributed by atoms with Gasteiger partial charge in [-0.15, -0.1) is 0 Å². The number of aromatic nitrogens is 2. The van der Waals surface area contributed by atoms with Gasteiger partial charge in [-0.1, -0.05) is 11.6 Å². The minimum Gasteiger partial charge on any atom is -0.316 e. The average Bonchev–Trinajstić information content (AvgIpc) is 3.06. The average molecular weight is 465 g/mol. The van der Waals surface area contributed by atoms with E-state index in [-0.39, 0.29) is 10.7 Å². The van der Waals surface area contributed by atoms with Crippen molar-refractivity contribution in [1.82, 2.24) is 14.5 Å². The van der Waals surface area contributed by atoms with E-state index in [1.165, 1.54) is 9.80 Å². The summed E-state index contributed by atoms with van der Waals surface area (Å²) in [6.07, 6.45) is 5.13. The summed E-state index contributed by atoms with van der Waals surface area (Å²) in [5, 5.41) is 0.703. The van der Waals surface area contributed by atoms with E-state index in [4.69, 9.17) is 23.8 Å². The number of likely N-dealkylation sites (N-methyl/N-ethyl adjacent to an activating group) is 1. The lowest BCUT2D eigenvalue weighted by atomic mass is 10.1. The number of hydrogen-bond acceptors (Lipinski definition) is 4. The maximum Gasteiger partial charge on any atom is 0.270 e. The number of carbonyl (C=O) groups excluding carboxylic acids is 2. The Kier molecular flexibility index (Phi) is 5.95. The molecular formula is C24H21ClN4O2S. The van der Waals surface area contributed by atoms with Crippen molar-refractivity contribution in [2.45, 2.75) is 20.8 Å². The van der Waals surface area contributed by atoms with Crippen molar-refractivity contribution < 1.29 is 9.59 Å². The minimum absolute atomic E-state index is 0.0573. The number of carbonyl (C=O) groups is 2. The zero-order chi connectivity index (χ0) is 23.0. The topological polar surface area (TPSA) is 58.4 Å². The molecule has 1 aliphatic rings. The van der Waals surface area contributed by atoms with Crippen LogP contribution < -0.4 is 4.90 Å². The predicted octanol–water partition coefficient (Wildman–Crippen LogP) is 4.71. The van der Waals surface area contributed by atoms with Crippen LogP contribution >= 0.6 is 23.8 Å². The van der Waals surface area contributed by atoms with Gasteiger partial charge in [-0.3, -0.25) is 24.4 Å². The van der Waals surface area contributed by atoms with E-state index in [1.54, 1.807) is 42.7 Å². The Morgan fingerprint density at radius 3 is 2.41 bits per heavy atom. The normalized spacial score (nSPS) is 15.8. The molecule has 0 spiro atoms. The first kappa shape index (κ1) is 21.9. The smallest absolute Gasteiger partial charge is 0.270 e. The predicted molar refractivity (Wildman–Crippen MR) is 130 cm³/mol. The molecule has 1 aromatic carbocycles. The quantitative estimate of drug-likeness (QED) is 0.319. The van der Waals surface area contributed by atoms with E-state index in [0.717, 1.165) is 22.6 Å². The van der Waals surface area contributed by atoms with Gasteiger partial charge in [0.2, 0.25) is 0 Å². The number of nitrogens with zero attached hydrogens (tertiary/aromatic N) is 4. The summed E-state index contributed by atoms with van der Waals surface area (Å²) in [5.41, 5.74) is 4.17. The number of anilines is 1. The standard InChI is InChI=1S/C24H21ClN4O2S/c1-4-27-22(30)21(23(31)29(24(27)32)19-9-7-18(25)8-10-19)13-17-12-15(2)28(16(17)3)20-6-5-11-26-14-20/h5-14H,4H2,1-3H3/b21-13+. The lowest BCUT2D eigenvalue weighted by Gasteiger charge is -2.36. The van der Waals surface area contributed by atoms with Crippen LogP contribution in [-0.2, 0) is 9.59 Å². The number of aryl methyl sites for hydroxylation is 1. The third-order valence-electron chi connectivity index (χ3n) is 5.41. The van der Waals surface area contributed by atoms with Gasteiger partial charge in [-0.25, -0.2) is 0 Å². The zero-order valence-electron chi connectivity index (χ0n) is 17.9. The van der Waals surface area contributed by atoms with Crippen LogP contribution in [0.25, 0.3) is 11.8 Å². The molecule has 1 aliphatic heterocycles. The Morgan fingerprint density at radius 2 is 1.78 bits per heavy atom. The molecule has 32 heavy (non-hydrogen) atoms. The molecular weight excluding hydrogens is 444 g/mol. The molecule has 2 aromatic heterocycles. The summed E-state index contributed by atoms with van der Waals surface area (Å²) < 4.78 is 2.04. The van der Waals surface area contributed by atoms with E-state index in [9.17, 15) is 9.59 Å². The van der Waals surface area contributed by atoms with Crippen molar-refractivity contribution in [3.05, 3.63) is 82.4 Å². The van der Waals surface area contributed by atoms with E-state index in [2.05, 4.69) is 4.98 Å². The highest BCUT2D eigenvalue weighted by Crippen LogP contribution is 2.29. The van der Waals surface area contributed by atoms with Crippen LogP contribution in [0.4, 0.5) is 5.69 Å². The summed E-state index contributed by atoms with van der Waals surface area (Å²) in [7, 11) is 0. The Hall–Kier alpha value is -3.29. The molecule has 162 valence electrons. The Morgan fingerprint density at radius 1 is 1.06 bits per heavy atom. The molecule has 0 atom stereocenters. The third kappa shape index (κ3) is 3.74. The molecule has 0 bridgehead atoms. The largest absolute Gasteiger partial charge is 0.316 e. The van der Waals surface area contributed by atoms with Crippen LogP contribution in [0.2, 0.25) is 5.02 Å². The number of thiocarbonyl (C=S) groups is 1. The lowest BCUT2D eigenvalue weighted by molar-refractivity contribution is -0.127. The molecule has 1 fully saturated rings. The number of rotatable bonds is 4. The molecule has 0 saturated carbocycles. The Bertz CT molecular complexity index is 1250. The molecule has 4 rings (SSSR count). The van der Waals surface area contributed by atoms with Gasteiger partial charge in [0.05, 0.1) is 17.6 Å². The first-order chi connectivity index (χ1) is 15.3. The van der Waals surface area contributed by atoms with E-state index < -0.39 is 11.8 Å². The molecule has 0 unspecified atom stereocenters. The second-order valence-corrected chi connectivity index (χ2v) is 8.18. The Balaban J connectivity index is 1.81. The number of halogens is 1. The van der Waals surface area contributed by atoms with Crippen LogP contribution in [0, 0.1) is 13.8 Å². The highest BCUT2D eigenvalue weighted by molar-refractivity contribution is 7.80. The van der Waals surface area contributed by atoms with Gasteiger partial charge in [-0.2, -0.15) is 0 Å². The molecule has 8 heteroatoms. The minimum atomic E-state index is -0.460. The Labute approximate surface area is 196 Å². The monoisotopic (exact) mass is 464 g/mol. The van der Waals surface area contributed by atoms with Crippen molar-refractivity contribution in [1.29, 1.82) is 0 Å². The summed E-state index contributed by atoms with van der Waals surface area (Å²) in [6, 6.07) is 12.6. The van der Waals surface area contributed by atoms with Crippen molar-refractivity contribution in [3.63, 3.8) is 0 Å². The van der Waals surface area contributed by atoms with Crippen LogP contribution in [0.15, 0.2) is 60.4 Å². The number of pyridine rings is 1. The van der Waals surface area contributed by atoms with Gasteiger partial charge in [0.15, 0.2) is 5.11 Å². The first-order valence-electron chi connectivity index (χ1n) is 10.1. The number of hydrogen-bond donors (Lipinski definition) is 0. The van der Waals surface area contributed by atoms with Gasteiger partial charge >= 0.3 is 0 Å². The van der Waals surface area contributed by atoms with Gasteiger partial charge in [-0.05, 0) is 87.1 Å². The lowest BCUT2D eigenvalue weighted by Crippen LogP contribution is -2.56. The number of benzene rings is 1. The van der Waals surface area contributed by atoms with Gasteiger partial charge in [0.1, 0.15) is 5.57 Å². The third-order valence-corrected chi connectivity index (χ3v) is 6.06. The fourth-order valence-corrected chi connectivity index (χ4v) is 4.37. The van der Waals surface area contributed by atoms with Crippen LogP contribution in [0.1, 0.15) is 23.9 Å². The maximum absolute atomic E-state index is 13.4. The fourth-order valence-electron chi connectivity index (χ4n) is 3.84. The molecule has 2 amide bonds. The summed E-state index contributed by atoms with van der Waals surface area (Å²) in [6.45, 7) is 6.09. The fraction of sp³-hybridized carbons (Fsp3) is 0.167. The van der Waals surface area contributed by atoms with Crippen LogP contribution in [-0.4, -0.2) is 37.9 Å². The molecule has 0 N–H and O–H groups in total. The second kappa shape index (κ2) is 8.68. The highest BCUT2D eigenvalue weighted by atomic mass is 35.5. The molecule has 0 aliphatic carbocycles. The SMILES string of the molecule is CCN1C(=O)/C(=C\c2cc(C)n(-c3cccnc3)c2C)C(=O)N(c2ccc(Cl)cc2)C1=S. The molecule has 3 aromatic rings. The zero-order valence-corrected chi connectivity index (χ0v) is 19.4. The van der Waals surface area contributed by atoms with Crippen LogP contribution in [0.5, 0.6) is 0 Å². The van der Waals surface area contributed by atoms with Crippen molar-refractivity contribution in [2.75, 3.05) is 11.4 Å². The first-order valence-corrected chi connectivity index (χ1v) is 10.9. The molecule has 1 saturated heterocycles. The second-order valence-electron chi connectivity index (χ2n) is 7.38. The molecule has 0 radical (unpaired) electrons. The molecule has 6 nitrogen and oxygen atoms in total. The van der Waals surface area contributed by atoms with Gasteiger partial charge in [0.25, 0.3) is 11.8 Å². The highest BCUT2D eigenvalue weighted by Gasteiger charge is 2.39. The van der Waals surface area contributed by atoms with E-state index in [0.29, 0.717) is 17.3 Å². The van der Waals surface area contributed by atoms with Gasteiger partial charge < -0.3 is 4.57 Å². The maximum atomic E-state index is 13.4. The molecule has 3 heterocycles. The van der Waals surface area contributed by atoms with Crippen molar-refractivity contribution in [2.24, 2.45) is 0 Å². The van der Waals surface area contributed by atoms with Crippen LogP contribution in [0.3, 0.4) is 0 Å². The van der Waals surface area contributed by atoms with Crippen molar-refractivity contribution >= 4 is 52.5 Å². The van der Waals surface area contributed by atoms with Gasteiger partial charge in [0, 0.05) is 29.2 Å². The van der Waals surface area contributed by atoms with Crippen molar-refractivity contribution in [3.8, 4) is 5.69 Å². The van der Waals surface area contributed by atoms with E-state index >= 15 is 0 Å². The summed E-state index contributed by atoms with van der Waals surface area (Å²) >= 11 is 11.5. The number of amides is 2.